The number of hydrogen-bond donors (Lipinski definition) is 0. The van der Waals surface area contributed by atoms with Gasteiger partial charge >= 0.3 is 0 Å². The Labute approximate surface area is 159 Å². The van der Waals surface area contributed by atoms with Crippen LogP contribution in [0.5, 0.6) is 5.75 Å². The zero-order valence-corrected chi connectivity index (χ0v) is 15.9. The number of rotatable bonds is 3. The van der Waals surface area contributed by atoms with Crippen LogP contribution >= 0.6 is 22.9 Å². The maximum Gasteiger partial charge on any atom is 0.276 e. The minimum Gasteiger partial charge on any atom is -0.494 e. The molecule has 0 bridgehead atoms. The van der Waals surface area contributed by atoms with Crippen LogP contribution in [0, 0.1) is 6.92 Å². The van der Waals surface area contributed by atoms with Crippen molar-refractivity contribution in [3.63, 3.8) is 0 Å². The molecule has 1 aliphatic heterocycles. The van der Waals surface area contributed by atoms with Crippen LogP contribution in [0.25, 0.3) is 10.2 Å². The van der Waals surface area contributed by atoms with Gasteiger partial charge < -0.3 is 19.1 Å². The van der Waals surface area contributed by atoms with Gasteiger partial charge in [-0.3, -0.25) is 4.79 Å². The molecule has 3 heterocycles. The van der Waals surface area contributed by atoms with Gasteiger partial charge in [0.15, 0.2) is 10.8 Å². The second kappa shape index (κ2) is 6.77. The molecular weight excluding hydrogens is 376 g/mol. The molecule has 2 aromatic heterocycles. The Kier molecular flexibility index (Phi) is 4.46. The van der Waals surface area contributed by atoms with Gasteiger partial charge in [0, 0.05) is 32.2 Å². The van der Waals surface area contributed by atoms with Gasteiger partial charge in [0.25, 0.3) is 5.91 Å². The summed E-state index contributed by atoms with van der Waals surface area (Å²) < 4.78 is 11.3. The van der Waals surface area contributed by atoms with Crippen LogP contribution < -0.4 is 9.64 Å². The molecular formula is C17H17ClN4O3S. The van der Waals surface area contributed by atoms with E-state index in [4.69, 9.17) is 25.8 Å². The lowest BCUT2D eigenvalue weighted by Gasteiger charge is -2.34. The average Bonchev–Trinajstić information content (AvgIpc) is 3.29. The second-order valence-corrected chi connectivity index (χ2v) is 7.41. The van der Waals surface area contributed by atoms with Crippen LogP contribution in [0.2, 0.25) is 5.02 Å². The molecule has 1 fully saturated rings. The lowest BCUT2D eigenvalue weighted by atomic mass is 10.3. The minimum atomic E-state index is -0.101. The maximum absolute atomic E-state index is 12.5. The number of aromatic nitrogens is 2. The number of ether oxygens (including phenoxy) is 1. The minimum absolute atomic E-state index is 0.101. The Balaban J connectivity index is 1.50. The summed E-state index contributed by atoms with van der Waals surface area (Å²) in [6.45, 7) is 4.37. The summed E-state index contributed by atoms with van der Waals surface area (Å²) in [6.07, 6.45) is 0. The number of anilines is 1. The van der Waals surface area contributed by atoms with Crippen LogP contribution in [0.15, 0.2) is 22.7 Å². The van der Waals surface area contributed by atoms with E-state index in [1.54, 1.807) is 36.3 Å². The number of amides is 1. The number of halogens is 1. The predicted octanol–water partition coefficient (Wildman–Crippen LogP) is 3.22. The number of piperazine rings is 1. The summed E-state index contributed by atoms with van der Waals surface area (Å²) in [6, 6.07) is 5.31. The number of fused-ring (bicyclic) bond motifs is 1. The van der Waals surface area contributed by atoms with E-state index in [0.717, 1.165) is 15.3 Å². The first-order chi connectivity index (χ1) is 12.6. The van der Waals surface area contributed by atoms with Gasteiger partial charge in [0.1, 0.15) is 17.0 Å². The number of nitrogens with zero attached hydrogens (tertiary/aromatic N) is 4. The molecule has 1 amide bonds. The lowest BCUT2D eigenvalue weighted by molar-refractivity contribution is 0.0736. The summed E-state index contributed by atoms with van der Waals surface area (Å²) in [5, 5.41) is 5.36. The number of hydrogen-bond acceptors (Lipinski definition) is 7. The van der Waals surface area contributed by atoms with Crippen LogP contribution in [0.4, 0.5) is 5.13 Å². The fourth-order valence-corrected chi connectivity index (χ4v) is 4.28. The Bertz CT molecular complexity index is 962. The van der Waals surface area contributed by atoms with Gasteiger partial charge in [0.05, 0.1) is 16.8 Å². The zero-order valence-electron chi connectivity index (χ0n) is 14.4. The van der Waals surface area contributed by atoms with Crippen molar-refractivity contribution in [3.8, 4) is 5.75 Å². The normalized spacial score (nSPS) is 14.9. The average molecular weight is 393 g/mol. The fraction of sp³-hybridized carbons (Fsp3) is 0.353. The van der Waals surface area contributed by atoms with Crippen molar-refractivity contribution < 1.29 is 14.1 Å². The molecule has 7 nitrogen and oxygen atoms in total. The quantitative estimate of drug-likeness (QED) is 0.681. The van der Waals surface area contributed by atoms with Crippen molar-refractivity contribution in [2.24, 2.45) is 0 Å². The number of methoxy groups -OCH3 is 1. The first kappa shape index (κ1) is 17.1. The molecule has 26 heavy (non-hydrogen) atoms. The molecule has 9 heteroatoms. The van der Waals surface area contributed by atoms with Gasteiger partial charge in [-0.05, 0) is 19.1 Å². The number of carbonyl (C=O) groups is 1. The van der Waals surface area contributed by atoms with Crippen LogP contribution in [-0.2, 0) is 0 Å². The van der Waals surface area contributed by atoms with Crippen LogP contribution in [0.3, 0.4) is 0 Å². The van der Waals surface area contributed by atoms with Gasteiger partial charge in [-0.25, -0.2) is 4.98 Å². The molecule has 0 spiro atoms. The maximum atomic E-state index is 12.5. The molecule has 0 radical (unpaired) electrons. The van der Waals surface area contributed by atoms with Crippen molar-refractivity contribution >= 4 is 44.2 Å². The Morgan fingerprint density at radius 2 is 2.08 bits per heavy atom. The lowest BCUT2D eigenvalue weighted by Crippen LogP contribution is -2.48. The number of benzene rings is 1. The molecule has 136 valence electrons. The van der Waals surface area contributed by atoms with E-state index in [9.17, 15) is 4.79 Å². The Hall–Kier alpha value is -2.32. The highest BCUT2D eigenvalue weighted by Crippen LogP contribution is 2.38. The van der Waals surface area contributed by atoms with E-state index < -0.39 is 0 Å². The molecule has 3 aromatic rings. The molecule has 1 aliphatic rings. The second-order valence-electron chi connectivity index (χ2n) is 6.03. The van der Waals surface area contributed by atoms with E-state index >= 15 is 0 Å². The largest absolute Gasteiger partial charge is 0.494 e. The summed E-state index contributed by atoms with van der Waals surface area (Å²) in [5.74, 6) is 1.24. The Morgan fingerprint density at radius 3 is 2.73 bits per heavy atom. The third-order valence-electron chi connectivity index (χ3n) is 4.35. The summed E-state index contributed by atoms with van der Waals surface area (Å²) in [4.78, 5) is 21.1. The third-order valence-corrected chi connectivity index (χ3v) is 5.93. The van der Waals surface area contributed by atoms with E-state index in [1.165, 1.54) is 0 Å². The Morgan fingerprint density at radius 1 is 1.31 bits per heavy atom. The molecule has 4 rings (SSSR count). The molecule has 0 N–H and O–H groups in total. The number of carbonyl (C=O) groups excluding carboxylic acids is 1. The van der Waals surface area contributed by atoms with Crippen molar-refractivity contribution in [1.29, 1.82) is 0 Å². The van der Waals surface area contributed by atoms with Crippen molar-refractivity contribution in [3.05, 3.63) is 34.7 Å². The standard InChI is InChI=1S/C17H17ClN4O3S/c1-10-9-12(20-25-10)16(23)21-5-7-22(8-6-21)17-19-14-13(24-2)4-3-11(18)15(14)26-17/h3-4,9H,5-8H2,1-2H3. The van der Waals surface area contributed by atoms with Gasteiger partial charge in [-0.2, -0.15) is 0 Å². The van der Waals surface area contributed by atoms with Crippen LogP contribution in [0.1, 0.15) is 16.2 Å². The zero-order chi connectivity index (χ0) is 18.3. The topological polar surface area (TPSA) is 71.7 Å². The number of aryl methyl sites for hydroxylation is 1. The fourth-order valence-electron chi connectivity index (χ4n) is 2.97. The number of thiazole rings is 1. The third kappa shape index (κ3) is 2.99. The van der Waals surface area contributed by atoms with E-state index in [-0.39, 0.29) is 5.91 Å². The highest BCUT2D eigenvalue weighted by Gasteiger charge is 2.26. The first-order valence-corrected chi connectivity index (χ1v) is 9.37. The van der Waals surface area contributed by atoms with Crippen molar-refractivity contribution in [1.82, 2.24) is 15.0 Å². The molecule has 0 aliphatic carbocycles. The van der Waals surface area contributed by atoms with Crippen molar-refractivity contribution in [2.45, 2.75) is 6.92 Å². The monoisotopic (exact) mass is 392 g/mol. The summed E-state index contributed by atoms with van der Waals surface area (Å²) in [5.41, 5.74) is 1.13. The summed E-state index contributed by atoms with van der Waals surface area (Å²) in [7, 11) is 1.62. The smallest absolute Gasteiger partial charge is 0.276 e. The first-order valence-electron chi connectivity index (χ1n) is 8.17. The van der Waals surface area contributed by atoms with E-state index in [2.05, 4.69) is 10.1 Å². The molecule has 1 aromatic carbocycles. The van der Waals surface area contributed by atoms with Gasteiger partial charge in [-0.15, -0.1) is 0 Å². The highest BCUT2D eigenvalue weighted by atomic mass is 35.5. The molecule has 1 saturated heterocycles. The SMILES string of the molecule is COc1ccc(Cl)c2sc(N3CCN(C(=O)c4cc(C)on4)CC3)nc12. The van der Waals surface area contributed by atoms with E-state index in [0.29, 0.717) is 48.4 Å². The highest BCUT2D eigenvalue weighted by molar-refractivity contribution is 7.22. The van der Waals surface area contributed by atoms with E-state index in [1.807, 2.05) is 12.1 Å². The van der Waals surface area contributed by atoms with Gasteiger partial charge in [0.2, 0.25) is 0 Å². The van der Waals surface area contributed by atoms with Crippen molar-refractivity contribution in [2.75, 3.05) is 38.2 Å². The molecule has 0 saturated carbocycles. The van der Waals surface area contributed by atoms with Gasteiger partial charge in [-0.1, -0.05) is 28.1 Å². The molecule has 0 unspecified atom stereocenters. The van der Waals surface area contributed by atoms with Crippen LogP contribution in [-0.4, -0.2) is 54.2 Å². The summed E-state index contributed by atoms with van der Waals surface area (Å²) >= 11 is 7.84. The predicted molar refractivity (Wildman–Crippen MR) is 101 cm³/mol. The molecule has 0 atom stereocenters.